The van der Waals surface area contributed by atoms with Gasteiger partial charge >= 0.3 is 0 Å². The number of amides is 1. The van der Waals surface area contributed by atoms with Crippen molar-refractivity contribution in [2.24, 2.45) is 5.10 Å². The van der Waals surface area contributed by atoms with Crippen molar-refractivity contribution >= 4 is 23.7 Å². The van der Waals surface area contributed by atoms with Crippen LogP contribution >= 0.6 is 11.6 Å². The summed E-state index contributed by atoms with van der Waals surface area (Å²) in [4.78, 5) is 12.3. The second-order valence-corrected chi connectivity index (χ2v) is 7.09. The van der Waals surface area contributed by atoms with E-state index in [0.717, 1.165) is 16.9 Å². The van der Waals surface area contributed by atoms with E-state index in [-0.39, 0.29) is 5.91 Å². The number of rotatable bonds is 8. The van der Waals surface area contributed by atoms with E-state index in [0.29, 0.717) is 34.3 Å². The molecule has 0 aliphatic heterocycles. The van der Waals surface area contributed by atoms with E-state index in [1.54, 1.807) is 38.5 Å². The first-order valence-corrected chi connectivity index (χ1v) is 9.92. The van der Waals surface area contributed by atoms with Gasteiger partial charge in [-0.05, 0) is 60.5 Å². The Morgan fingerprint density at radius 3 is 2.52 bits per heavy atom. The van der Waals surface area contributed by atoms with Gasteiger partial charge in [-0.1, -0.05) is 29.8 Å². The quantitative estimate of drug-likeness (QED) is 0.396. The summed E-state index contributed by atoms with van der Waals surface area (Å²) >= 11 is 6.03. The number of nitrogens with zero attached hydrogens (tertiary/aromatic N) is 1. The smallest absolute Gasteiger partial charge is 0.271 e. The normalized spacial score (nSPS) is 10.7. The highest BCUT2D eigenvalue weighted by atomic mass is 35.5. The molecule has 7 heteroatoms. The number of carbonyl (C=O) groups is 1. The summed E-state index contributed by atoms with van der Waals surface area (Å²) in [5.74, 6) is 1.55. The predicted octanol–water partition coefficient (Wildman–Crippen LogP) is 5.01. The zero-order valence-corrected chi connectivity index (χ0v) is 18.3. The predicted molar refractivity (Wildman–Crippen MR) is 122 cm³/mol. The maximum absolute atomic E-state index is 12.3. The maximum Gasteiger partial charge on any atom is 0.271 e. The Kier molecular flexibility index (Phi) is 7.51. The maximum atomic E-state index is 12.3. The second-order valence-electron chi connectivity index (χ2n) is 6.68. The van der Waals surface area contributed by atoms with Crippen molar-refractivity contribution in [3.05, 3.63) is 87.9 Å². The van der Waals surface area contributed by atoms with Gasteiger partial charge < -0.3 is 14.2 Å². The summed E-state index contributed by atoms with van der Waals surface area (Å²) < 4.78 is 16.4. The van der Waals surface area contributed by atoms with Gasteiger partial charge in [0, 0.05) is 16.1 Å². The highest BCUT2D eigenvalue weighted by molar-refractivity contribution is 6.31. The number of hydrogen-bond acceptors (Lipinski definition) is 5. The molecule has 0 bridgehead atoms. The lowest BCUT2D eigenvalue weighted by Crippen LogP contribution is -2.17. The van der Waals surface area contributed by atoms with Crippen molar-refractivity contribution < 1.29 is 19.0 Å². The molecule has 0 radical (unpaired) electrons. The Bertz CT molecular complexity index is 1080. The molecule has 0 fully saturated rings. The Morgan fingerprint density at radius 2 is 1.84 bits per heavy atom. The monoisotopic (exact) mass is 438 g/mol. The van der Waals surface area contributed by atoms with Crippen LogP contribution in [-0.2, 0) is 6.61 Å². The molecular weight excluding hydrogens is 416 g/mol. The molecule has 1 N–H and O–H groups in total. The van der Waals surface area contributed by atoms with Crippen LogP contribution in [0.2, 0.25) is 5.02 Å². The second kappa shape index (κ2) is 10.5. The molecule has 3 aromatic rings. The number of para-hydroxylation sites is 1. The molecule has 0 aliphatic carbocycles. The number of methoxy groups -OCH3 is 2. The van der Waals surface area contributed by atoms with Crippen molar-refractivity contribution in [3.8, 4) is 17.2 Å². The molecule has 3 rings (SSSR count). The Balaban J connectivity index is 1.58. The van der Waals surface area contributed by atoms with E-state index < -0.39 is 0 Å². The number of hydrazone groups is 1. The van der Waals surface area contributed by atoms with E-state index >= 15 is 0 Å². The molecule has 1 amide bonds. The van der Waals surface area contributed by atoms with E-state index in [1.807, 2.05) is 43.3 Å². The zero-order valence-electron chi connectivity index (χ0n) is 17.5. The molecule has 6 nitrogen and oxygen atoms in total. The molecule has 31 heavy (non-hydrogen) atoms. The first-order valence-electron chi connectivity index (χ1n) is 9.54. The average Bonchev–Trinajstić information content (AvgIpc) is 2.79. The van der Waals surface area contributed by atoms with Gasteiger partial charge in [0.1, 0.15) is 12.4 Å². The molecule has 0 saturated heterocycles. The fourth-order valence-electron chi connectivity index (χ4n) is 2.86. The lowest BCUT2D eigenvalue weighted by molar-refractivity contribution is 0.0955. The Morgan fingerprint density at radius 1 is 1.06 bits per heavy atom. The molecule has 0 aliphatic rings. The van der Waals surface area contributed by atoms with Crippen molar-refractivity contribution in [1.29, 1.82) is 0 Å². The van der Waals surface area contributed by atoms with Gasteiger partial charge in [-0.15, -0.1) is 0 Å². The molecule has 0 saturated carbocycles. The molecule has 3 aromatic carbocycles. The van der Waals surface area contributed by atoms with Gasteiger partial charge in [-0.25, -0.2) is 5.43 Å². The van der Waals surface area contributed by atoms with Crippen LogP contribution in [0.3, 0.4) is 0 Å². The fraction of sp³-hybridized carbons (Fsp3) is 0.167. The van der Waals surface area contributed by atoms with Gasteiger partial charge in [-0.2, -0.15) is 5.10 Å². The average molecular weight is 439 g/mol. The van der Waals surface area contributed by atoms with Crippen molar-refractivity contribution in [2.75, 3.05) is 14.2 Å². The summed E-state index contributed by atoms with van der Waals surface area (Å²) in [6.45, 7) is 2.31. The minimum Gasteiger partial charge on any atom is -0.493 e. The zero-order chi connectivity index (χ0) is 22.2. The highest BCUT2D eigenvalue weighted by Gasteiger charge is 2.08. The molecule has 0 unspecified atom stereocenters. The first kappa shape index (κ1) is 22.2. The minimum atomic E-state index is -0.320. The largest absolute Gasteiger partial charge is 0.493 e. The number of halogens is 1. The van der Waals surface area contributed by atoms with Crippen LogP contribution in [-0.4, -0.2) is 26.3 Å². The highest BCUT2D eigenvalue weighted by Crippen LogP contribution is 2.29. The molecular formula is C24H23ClN2O4. The molecule has 0 heterocycles. The Labute approximate surface area is 186 Å². The third-order valence-electron chi connectivity index (χ3n) is 4.55. The third-order valence-corrected chi connectivity index (χ3v) is 4.98. The minimum absolute atomic E-state index is 0.320. The van der Waals surface area contributed by atoms with Crippen LogP contribution in [0.4, 0.5) is 0 Å². The van der Waals surface area contributed by atoms with Gasteiger partial charge in [0.05, 0.1) is 20.4 Å². The van der Waals surface area contributed by atoms with Crippen LogP contribution in [0, 0.1) is 6.92 Å². The van der Waals surface area contributed by atoms with E-state index in [2.05, 4.69) is 10.5 Å². The van der Waals surface area contributed by atoms with Gasteiger partial charge in [0.15, 0.2) is 11.5 Å². The van der Waals surface area contributed by atoms with Crippen LogP contribution < -0.4 is 19.6 Å². The number of hydrogen-bond donors (Lipinski definition) is 1. The third kappa shape index (κ3) is 5.77. The van der Waals surface area contributed by atoms with Gasteiger partial charge in [0.2, 0.25) is 0 Å². The number of aryl methyl sites for hydroxylation is 1. The summed E-state index contributed by atoms with van der Waals surface area (Å²) in [6, 6.07) is 18.1. The Hall–Kier alpha value is -3.51. The standard InChI is InChI=1S/C24H23ClN2O4/c1-16-13-20(11-12-21(16)25)31-15-17-7-9-18(10-8-17)24(28)27-26-14-19-5-4-6-22(29-2)23(19)30-3/h4-14H,15H2,1-3H3,(H,27,28)/b26-14+. The SMILES string of the molecule is COc1cccc(/C=N/NC(=O)c2ccc(COc3ccc(Cl)c(C)c3)cc2)c1OC. The van der Waals surface area contributed by atoms with Crippen LogP contribution in [0.25, 0.3) is 0 Å². The van der Waals surface area contributed by atoms with Crippen molar-refractivity contribution in [3.63, 3.8) is 0 Å². The summed E-state index contributed by atoms with van der Waals surface area (Å²) in [7, 11) is 3.11. The van der Waals surface area contributed by atoms with Gasteiger partial charge in [0.25, 0.3) is 5.91 Å². The number of benzene rings is 3. The van der Waals surface area contributed by atoms with Crippen molar-refractivity contribution in [2.45, 2.75) is 13.5 Å². The summed E-state index contributed by atoms with van der Waals surface area (Å²) in [6.07, 6.45) is 1.51. The molecule has 0 spiro atoms. The number of nitrogens with one attached hydrogen (secondary N) is 1. The fourth-order valence-corrected chi connectivity index (χ4v) is 2.98. The molecule has 0 aromatic heterocycles. The topological polar surface area (TPSA) is 69.2 Å². The number of ether oxygens (including phenoxy) is 3. The van der Waals surface area contributed by atoms with E-state index in [4.69, 9.17) is 25.8 Å². The van der Waals surface area contributed by atoms with Gasteiger partial charge in [-0.3, -0.25) is 4.79 Å². The first-order chi connectivity index (χ1) is 15.0. The van der Waals surface area contributed by atoms with E-state index in [9.17, 15) is 4.79 Å². The lowest BCUT2D eigenvalue weighted by Gasteiger charge is -2.09. The number of carbonyl (C=O) groups excluding carboxylic acids is 1. The van der Waals surface area contributed by atoms with Crippen LogP contribution in [0.1, 0.15) is 27.0 Å². The molecule has 0 atom stereocenters. The van der Waals surface area contributed by atoms with Crippen molar-refractivity contribution in [1.82, 2.24) is 5.43 Å². The van der Waals surface area contributed by atoms with Crippen LogP contribution in [0.15, 0.2) is 65.8 Å². The summed E-state index contributed by atoms with van der Waals surface area (Å²) in [5, 5.41) is 4.72. The molecule has 160 valence electrons. The van der Waals surface area contributed by atoms with E-state index in [1.165, 1.54) is 6.21 Å². The summed E-state index contributed by atoms with van der Waals surface area (Å²) in [5.41, 5.74) is 5.58. The van der Waals surface area contributed by atoms with Crippen LogP contribution in [0.5, 0.6) is 17.2 Å². The lowest BCUT2D eigenvalue weighted by atomic mass is 10.1.